The third kappa shape index (κ3) is 3.30. The van der Waals surface area contributed by atoms with Crippen molar-refractivity contribution in [1.82, 2.24) is 9.97 Å². The van der Waals surface area contributed by atoms with Gasteiger partial charge in [-0.3, -0.25) is 0 Å². The first-order valence-electron chi connectivity index (χ1n) is 4.51. The SMILES string of the molecule is C#CCCCNc1ncnc(Cl)c1OC. The van der Waals surface area contributed by atoms with Crippen LogP contribution in [0.15, 0.2) is 6.33 Å². The third-order valence-corrected chi connectivity index (χ3v) is 2.02. The van der Waals surface area contributed by atoms with Crippen molar-refractivity contribution in [2.45, 2.75) is 12.8 Å². The smallest absolute Gasteiger partial charge is 0.198 e. The summed E-state index contributed by atoms with van der Waals surface area (Å²) in [5.74, 6) is 3.61. The lowest BCUT2D eigenvalue weighted by Crippen LogP contribution is -2.05. The van der Waals surface area contributed by atoms with Crippen molar-refractivity contribution in [3.63, 3.8) is 0 Å². The van der Waals surface area contributed by atoms with E-state index in [0.717, 1.165) is 19.4 Å². The van der Waals surface area contributed by atoms with Crippen LogP contribution in [0.5, 0.6) is 5.75 Å². The Balaban J connectivity index is 2.60. The average molecular weight is 226 g/mol. The number of unbranched alkanes of at least 4 members (excludes halogenated alkanes) is 1. The van der Waals surface area contributed by atoms with Crippen LogP contribution >= 0.6 is 11.6 Å². The number of nitrogens with zero attached hydrogens (tertiary/aromatic N) is 2. The van der Waals surface area contributed by atoms with Crippen LogP contribution in [0.1, 0.15) is 12.8 Å². The number of nitrogens with one attached hydrogen (secondary N) is 1. The van der Waals surface area contributed by atoms with E-state index in [-0.39, 0.29) is 0 Å². The van der Waals surface area contributed by atoms with Crippen LogP contribution in [0.4, 0.5) is 5.82 Å². The molecule has 0 unspecified atom stereocenters. The summed E-state index contributed by atoms with van der Waals surface area (Å²) in [6.45, 7) is 0.730. The molecule has 5 heteroatoms. The van der Waals surface area contributed by atoms with Gasteiger partial charge < -0.3 is 10.1 Å². The molecular formula is C10H12ClN3O. The molecule has 0 saturated heterocycles. The van der Waals surface area contributed by atoms with Crippen LogP contribution in [0.3, 0.4) is 0 Å². The summed E-state index contributed by atoms with van der Waals surface area (Å²) < 4.78 is 5.07. The van der Waals surface area contributed by atoms with Gasteiger partial charge in [0.15, 0.2) is 16.7 Å². The van der Waals surface area contributed by atoms with E-state index in [1.54, 1.807) is 0 Å². The minimum Gasteiger partial charge on any atom is -0.490 e. The van der Waals surface area contributed by atoms with Gasteiger partial charge in [-0.2, -0.15) is 0 Å². The molecule has 0 aliphatic carbocycles. The molecule has 0 radical (unpaired) electrons. The summed E-state index contributed by atoms with van der Waals surface area (Å²) in [6.07, 6.45) is 8.13. The fraction of sp³-hybridized carbons (Fsp3) is 0.400. The Morgan fingerprint density at radius 1 is 1.60 bits per heavy atom. The first-order chi connectivity index (χ1) is 7.29. The molecule has 0 aliphatic heterocycles. The highest BCUT2D eigenvalue weighted by Crippen LogP contribution is 2.28. The van der Waals surface area contributed by atoms with Crippen molar-refractivity contribution in [3.8, 4) is 18.1 Å². The van der Waals surface area contributed by atoms with Crippen LogP contribution in [0.25, 0.3) is 0 Å². The molecule has 0 aliphatic rings. The van der Waals surface area contributed by atoms with E-state index in [1.807, 2.05) is 0 Å². The highest BCUT2D eigenvalue weighted by molar-refractivity contribution is 6.31. The monoisotopic (exact) mass is 225 g/mol. The Labute approximate surface area is 94.0 Å². The maximum atomic E-state index is 5.82. The molecule has 1 N–H and O–H groups in total. The van der Waals surface area contributed by atoms with Crippen LogP contribution in [-0.2, 0) is 0 Å². The van der Waals surface area contributed by atoms with Gasteiger partial charge in [-0.1, -0.05) is 11.6 Å². The van der Waals surface area contributed by atoms with Crippen LogP contribution in [0.2, 0.25) is 5.15 Å². The van der Waals surface area contributed by atoms with E-state index < -0.39 is 0 Å². The number of hydrogen-bond acceptors (Lipinski definition) is 4. The molecule has 0 amide bonds. The Kier molecular flexibility index (Phi) is 4.72. The molecule has 0 atom stereocenters. The number of hydrogen-bond donors (Lipinski definition) is 1. The lowest BCUT2D eigenvalue weighted by atomic mass is 10.3. The van der Waals surface area contributed by atoms with E-state index in [1.165, 1.54) is 13.4 Å². The molecule has 1 heterocycles. The van der Waals surface area contributed by atoms with E-state index in [4.69, 9.17) is 22.8 Å². The van der Waals surface area contributed by atoms with Gasteiger partial charge in [0.05, 0.1) is 7.11 Å². The Morgan fingerprint density at radius 2 is 2.40 bits per heavy atom. The van der Waals surface area contributed by atoms with Gasteiger partial charge in [0.2, 0.25) is 0 Å². The van der Waals surface area contributed by atoms with Crippen molar-refractivity contribution in [1.29, 1.82) is 0 Å². The van der Waals surface area contributed by atoms with Crippen molar-refractivity contribution in [2.24, 2.45) is 0 Å². The molecule has 15 heavy (non-hydrogen) atoms. The maximum Gasteiger partial charge on any atom is 0.198 e. The predicted molar refractivity (Wildman–Crippen MR) is 60.2 cm³/mol. The number of aromatic nitrogens is 2. The largest absolute Gasteiger partial charge is 0.490 e. The normalized spacial score (nSPS) is 9.40. The zero-order valence-corrected chi connectivity index (χ0v) is 9.21. The zero-order chi connectivity index (χ0) is 11.1. The number of terminal acetylenes is 1. The van der Waals surface area contributed by atoms with E-state index in [9.17, 15) is 0 Å². The van der Waals surface area contributed by atoms with Gasteiger partial charge in [0.1, 0.15) is 6.33 Å². The van der Waals surface area contributed by atoms with E-state index in [2.05, 4.69) is 21.2 Å². The first-order valence-corrected chi connectivity index (χ1v) is 4.89. The topological polar surface area (TPSA) is 47.0 Å². The van der Waals surface area contributed by atoms with Crippen LogP contribution < -0.4 is 10.1 Å². The van der Waals surface area contributed by atoms with Gasteiger partial charge >= 0.3 is 0 Å². The molecule has 0 spiro atoms. The maximum absolute atomic E-state index is 5.82. The fourth-order valence-electron chi connectivity index (χ4n) is 1.06. The second kappa shape index (κ2) is 6.10. The summed E-state index contributed by atoms with van der Waals surface area (Å²) >= 11 is 5.82. The number of methoxy groups -OCH3 is 1. The summed E-state index contributed by atoms with van der Waals surface area (Å²) in [5, 5.41) is 3.38. The predicted octanol–water partition coefficient (Wildman–Crippen LogP) is 1.96. The molecule has 1 aromatic rings. The summed E-state index contributed by atoms with van der Waals surface area (Å²) in [5.41, 5.74) is 0. The van der Waals surface area contributed by atoms with Crippen LogP contribution in [0, 0.1) is 12.3 Å². The molecular weight excluding hydrogens is 214 g/mol. The number of rotatable bonds is 5. The molecule has 0 saturated carbocycles. The Hall–Kier alpha value is -1.47. The number of ether oxygens (including phenoxy) is 1. The van der Waals surface area contributed by atoms with Gasteiger partial charge in [-0.25, -0.2) is 9.97 Å². The molecule has 4 nitrogen and oxygen atoms in total. The van der Waals surface area contributed by atoms with Gasteiger partial charge in [0, 0.05) is 13.0 Å². The van der Waals surface area contributed by atoms with Crippen molar-refractivity contribution in [3.05, 3.63) is 11.5 Å². The van der Waals surface area contributed by atoms with Crippen molar-refractivity contribution < 1.29 is 4.74 Å². The average Bonchev–Trinajstić information content (AvgIpc) is 2.24. The zero-order valence-electron chi connectivity index (χ0n) is 8.46. The second-order valence-electron chi connectivity index (χ2n) is 2.78. The van der Waals surface area contributed by atoms with Crippen molar-refractivity contribution >= 4 is 17.4 Å². The number of halogens is 1. The minimum atomic E-state index is 0.298. The summed E-state index contributed by atoms with van der Waals surface area (Å²) in [6, 6.07) is 0. The molecule has 1 aromatic heterocycles. The molecule has 1 rings (SSSR count). The molecule has 0 bridgehead atoms. The van der Waals surface area contributed by atoms with E-state index >= 15 is 0 Å². The van der Waals surface area contributed by atoms with E-state index in [0.29, 0.717) is 16.7 Å². The Morgan fingerprint density at radius 3 is 3.07 bits per heavy atom. The highest BCUT2D eigenvalue weighted by Gasteiger charge is 2.08. The fourth-order valence-corrected chi connectivity index (χ4v) is 1.27. The quantitative estimate of drug-likeness (QED) is 0.473. The van der Waals surface area contributed by atoms with Gasteiger partial charge in [0.25, 0.3) is 0 Å². The van der Waals surface area contributed by atoms with Gasteiger partial charge in [-0.15, -0.1) is 12.3 Å². The molecule has 0 aromatic carbocycles. The third-order valence-electron chi connectivity index (χ3n) is 1.75. The van der Waals surface area contributed by atoms with Crippen LogP contribution in [-0.4, -0.2) is 23.6 Å². The number of anilines is 1. The second-order valence-corrected chi connectivity index (χ2v) is 3.14. The highest BCUT2D eigenvalue weighted by atomic mass is 35.5. The van der Waals surface area contributed by atoms with Crippen molar-refractivity contribution in [2.75, 3.05) is 19.0 Å². The minimum absolute atomic E-state index is 0.298. The first kappa shape index (κ1) is 11.6. The molecule has 80 valence electrons. The summed E-state index contributed by atoms with van der Waals surface area (Å²) in [7, 11) is 1.52. The van der Waals surface area contributed by atoms with Gasteiger partial charge in [-0.05, 0) is 6.42 Å². The molecule has 0 fully saturated rings. The summed E-state index contributed by atoms with van der Waals surface area (Å²) in [4.78, 5) is 7.84. The standard InChI is InChI=1S/C10H12ClN3O/c1-3-4-5-6-12-10-8(15-2)9(11)13-7-14-10/h1,7H,4-6H2,2H3,(H,12,13,14). The lowest BCUT2D eigenvalue weighted by Gasteiger charge is -2.09. The lowest BCUT2D eigenvalue weighted by molar-refractivity contribution is 0.413. The Bertz CT molecular complexity index is 362.